The van der Waals surface area contributed by atoms with Crippen molar-refractivity contribution in [2.75, 3.05) is 45.8 Å². The lowest BCUT2D eigenvalue weighted by molar-refractivity contribution is -0.119. The first-order chi connectivity index (χ1) is 6.72. The molecule has 82 valence electrons. The maximum absolute atomic E-state index is 10.6. The molecule has 0 spiro atoms. The summed E-state index contributed by atoms with van der Waals surface area (Å²) in [4.78, 5) is 15.5. The molecule has 0 aromatic heterocycles. The molecule has 1 fully saturated rings. The fourth-order valence-corrected chi connectivity index (χ4v) is 1.72. The average molecular weight is 199 g/mol. The van der Waals surface area contributed by atoms with Crippen molar-refractivity contribution in [1.82, 2.24) is 15.1 Å². The molecule has 0 unspecified atom stereocenters. The van der Waals surface area contributed by atoms with Gasteiger partial charge in [0.25, 0.3) is 0 Å². The second-order valence-corrected chi connectivity index (χ2v) is 3.76. The van der Waals surface area contributed by atoms with E-state index in [4.69, 9.17) is 0 Å². The Balaban J connectivity index is 2.07. The molecule has 1 saturated heterocycles. The summed E-state index contributed by atoms with van der Waals surface area (Å²) in [5.41, 5.74) is 0. The van der Waals surface area contributed by atoms with Crippen molar-refractivity contribution in [1.29, 1.82) is 0 Å². The van der Waals surface area contributed by atoms with Gasteiger partial charge in [-0.3, -0.25) is 9.69 Å². The smallest absolute Gasteiger partial charge is 0.216 e. The molecule has 4 heteroatoms. The Morgan fingerprint density at radius 3 is 2.29 bits per heavy atom. The Bertz CT molecular complexity index is 176. The van der Waals surface area contributed by atoms with Gasteiger partial charge in [-0.1, -0.05) is 6.92 Å². The standard InChI is InChI=1S/C10H21N3O/c1-3-12-6-8-13(9-7-12)5-4-11-10(2)14/h3-9H2,1-2H3,(H,11,14). The van der Waals surface area contributed by atoms with Crippen LogP contribution in [0.25, 0.3) is 0 Å². The average Bonchev–Trinajstić information content (AvgIpc) is 2.18. The van der Waals surface area contributed by atoms with Crippen LogP contribution in [0.4, 0.5) is 0 Å². The number of nitrogens with one attached hydrogen (secondary N) is 1. The largest absolute Gasteiger partial charge is 0.355 e. The SMILES string of the molecule is CCN1CCN(CCNC(C)=O)CC1. The van der Waals surface area contributed by atoms with Gasteiger partial charge in [0.15, 0.2) is 0 Å². The summed E-state index contributed by atoms with van der Waals surface area (Å²) in [6.45, 7) is 11.3. The molecule has 14 heavy (non-hydrogen) atoms. The minimum atomic E-state index is 0.0668. The van der Waals surface area contributed by atoms with Gasteiger partial charge in [-0.15, -0.1) is 0 Å². The van der Waals surface area contributed by atoms with Crippen LogP contribution in [0.1, 0.15) is 13.8 Å². The zero-order valence-electron chi connectivity index (χ0n) is 9.25. The van der Waals surface area contributed by atoms with Crippen LogP contribution in [0.2, 0.25) is 0 Å². The summed E-state index contributed by atoms with van der Waals surface area (Å²) in [7, 11) is 0. The molecule has 1 aliphatic rings. The molecule has 1 rings (SSSR count). The van der Waals surface area contributed by atoms with Gasteiger partial charge in [-0.05, 0) is 6.54 Å². The minimum absolute atomic E-state index is 0.0668. The van der Waals surface area contributed by atoms with Crippen LogP contribution in [0.5, 0.6) is 0 Å². The molecule has 1 heterocycles. The predicted octanol–water partition coefficient (Wildman–Crippen LogP) is -0.240. The van der Waals surface area contributed by atoms with E-state index in [0.29, 0.717) is 0 Å². The van der Waals surface area contributed by atoms with E-state index < -0.39 is 0 Å². The first kappa shape index (κ1) is 11.5. The number of carbonyl (C=O) groups is 1. The number of rotatable bonds is 4. The highest BCUT2D eigenvalue weighted by atomic mass is 16.1. The van der Waals surface area contributed by atoms with Gasteiger partial charge in [0.05, 0.1) is 0 Å². The lowest BCUT2D eigenvalue weighted by Gasteiger charge is -2.33. The molecule has 0 aromatic rings. The van der Waals surface area contributed by atoms with E-state index in [2.05, 4.69) is 22.0 Å². The van der Waals surface area contributed by atoms with E-state index in [1.54, 1.807) is 6.92 Å². The van der Waals surface area contributed by atoms with Crippen LogP contribution in [-0.4, -0.2) is 61.5 Å². The lowest BCUT2D eigenvalue weighted by Crippen LogP contribution is -2.48. The van der Waals surface area contributed by atoms with E-state index >= 15 is 0 Å². The molecular weight excluding hydrogens is 178 g/mol. The van der Waals surface area contributed by atoms with Gasteiger partial charge in [-0.25, -0.2) is 0 Å². The summed E-state index contributed by atoms with van der Waals surface area (Å²) in [6, 6.07) is 0. The molecule has 1 amide bonds. The number of nitrogens with zero attached hydrogens (tertiary/aromatic N) is 2. The number of amides is 1. The van der Waals surface area contributed by atoms with Gasteiger partial charge < -0.3 is 10.2 Å². The summed E-state index contributed by atoms with van der Waals surface area (Å²) in [5, 5.41) is 2.82. The Hall–Kier alpha value is -0.610. The highest BCUT2D eigenvalue weighted by Gasteiger charge is 2.14. The number of likely N-dealkylation sites (N-methyl/N-ethyl adjacent to an activating group) is 1. The molecule has 0 bridgehead atoms. The van der Waals surface area contributed by atoms with Crippen molar-refractivity contribution in [2.24, 2.45) is 0 Å². The molecule has 4 nitrogen and oxygen atoms in total. The van der Waals surface area contributed by atoms with Gasteiger partial charge in [0, 0.05) is 46.2 Å². The van der Waals surface area contributed by atoms with E-state index in [1.807, 2.05) is 0 Å². The van der Waals surface area contributed by atoms with E-state index in [-0.39, 0.29) is 5.91 Å². The topological polar surface area (TPSA) is 35.6 Å². The van der Waals surface area contributed by atoms with Crippen molar-refractivity contribution < 1.29 is 4.79 Å². The number of carbonyl (C=O) groups excluding carboxylic acids is 1. The monoisotopic (exact) mass is 199 g/mol. The second-order valence-electron chi connectivity index (χ2n) is 3.76. The third-order valence-corrected chi connectivity index (χ3v) is 2.71. The molecule has 0 atom stereocenters. The van der Waals surface area contributed by atoms with E-state index in [0.717, 1.165) is 45.8 Å². The van der Waals surface area contributed by atoms with Crippen molar-refractivity contribution >= 4 is 5.91 Å². The highest BCUT2D eigenvalue weighted by molar-refractivity contribution is 5.72. The first-order valence-corrected chi connectivity index (χ1v) is 5.41. The highest BCUT2D eigenvalue weighted by Crippen LogP contribution is 1.99. The van der Waals surface area contributed by atoms with Crippen LogP contribution in [-0.2, 0) is 4.79 Å². The Morgan fingerprint density at radius 2 is 1.79 bits per heavy atom. The van der Waals surface area contributed by atoms with Crippen molar-refractivity contribution in [3.05, 3.63) is 0 Å². The lowest BCUT2D eigenvalue weighted by atomic mass is 10.3. The zero-order chi connectivity index (χ0) is 10.4. The molecule has 0 radical (unpaired) electrons. The van der Waals surface area contributed by atoms with Gasteiger partial charge >= 0.3 is 0 Å². The van der Waals surface area contributed by atoms with Gasteiger partial charge in [0.2, 0.25) is 5.91 Å². The van der Waals surface area contributed by atoms with E-state index in [1.165, 1.54) is 0 Å². The first-order valence-electron chi connectivity index (χ1n) is 5.41. The van der Waals surface area contributed by atoms with Crippen LogP contribution >= 0.6 is 0 Å². The molecule has 0 aliphatic carbocycles. The van der Waals surface area contributed by atoms with E-state index in [9.17, 15) is 4.79 Å². The summed E-state index contributed by atoms with van der Waals surface area (Å²) in [6.07, 6.45) is 0. The third-order valence-electron chi connectivity index (χ3n) is 2.71. The third kappa shape index (κ3) is 4.07. The van der Waals surface area contributed by atoms with Gasteiger partial charge in [0.1, 0.15) is 0 Å². The van der Waals surface area contributed by atoms with Gasteiger partial charge in [-0.2, -0.15) is 0 Å². The molecule has 0 saturated carbocycles. The van der Waals surface area contributed by atoms with Crippen LogP contribution < -0.4 is 5.32 Å². The number of piperazine rings is 1. The summed E-state index contributed by atoms with van der Waals surface area (Å²) >= 11 is 0. The molecule has 0 aromatic carbocycles. The normalized spacial score (nSPS) is 19.6. The van der Waals surface area contributed by atoms with Crippen LogP contribution in [0.15, 0.2) is 0 Å². The van der Waals surface area contributed by atoms with Crippen molar-refractivity contribution in [2.45, 2.75) is 13.8 Å². The van der Waals surface area contributed by atoms with Crippen molar-refractivity contribution in [3.63, 3.8) is 0 Å². The molecule has 1 aliphatic heterocycles. The number of hydrogen-bond acceptors (Lipinski definition) is 3. The Morgan fingerprint density at radius 1 is 1.21 bits per heavy atom. The van der Waals surface area contributed by atoms with Crippen LogP contribution in [0, 0.1) is 0 Å². The Labute approximate surface area is 86.2 Å². The maximum Gasteiger partial charge on any atom is 0.216 e. The summed E-state index contributed by atoms with van der Waals surface area (Å²) in [5.74, 6) is 0.0668. The summed E-state index contributed by atoms with van der Waals surface area (Å²) < 4.78 is 0. The van der Waals surface area contributed by atoms with Crippen molar-refractivity contribution in [3.8, 4) is 0 Å². The van der Waals surface area contributed by atoms with Crippen LogP contribution in [0.3, 0.4) is 0 Å². The maximum atomic E-state index is 10.6. The fraction of sp³-hybridized carbons (Fsp3) is 0.900. The minimum Gasteiger partial charge on any atom is -0.355 e. The second kappa shape index (κ2) is 5.98. The number of hydrogen-bond donors (Lipinski definition) is 1. The molecule has 1 N–H and O–H groups in total. The predicted molar refractivity (Wildman–Crippen MR) is 57.2 cm³/mol. The quantitative estimate of drug-likeness (QED) is 0.679. The fourth-order valence-electron chi connectivity index (χ4n) is 1.72. The Kier molecular flexibility index (Phi) is 4.90. The molecular formula is C10H21N3O. The zero-order valence-corrected chi connectivity index (χ0v) is 9.25.